The molecule has 4 nitrogen and oxygen atoms in total. The first-order chi connectivity index (χ1) is 10.1. The smallest absolute Gasteiger partial charge is 0.170 e. The number of hydrogen-bond acceptors (Lipinski definition) is 3. The van der Waals surface area contributed by atoms with Gasteiger partial charge in [0.15, 0.2) is 5.84 Å². The molecule has 4 N–H and O–H groups in total. The molecule has 0 saturated carbocycles. The van der Waals surface area contributed by atoms with Gasteiger partial charge in [-0.3, -0.25) is 0 Å². The third-order valence-electron chi connectivity index (χ3n) is 2.97. The van der Waals surface area contributed by atoms with E-state index in [4.69, 9.17) is 22.5 Å². The lowest BCUT2D eigenvalue weighted by molar-refractivity contribution is 0.318. The summed E-state index contributed by atoms with van der Waals surface area (Å²) < 4.78 is 13.0. The van der Waals surface area contributed by atoms with Gasteiger partial charge in [-0.2, -0.15) is 0 Å². The van der Waals surface area contributed by atoms with Crippen molar-refractivity contribution in [2.45, 2.75) is 13.1 Å². The molecule has 2 rings (SSSR count). The molecule has 6 heteroatoms. The first kappa shape index (κ1) is 15.3. The van der Waals surface area contributed by atoms with E-state index in [9.17, 15) is 4.39 Å². The lowest BCUT2D eigenvalue weighted by Crippen LogP contribution is -2.15. The first-order valence-corrected chi connectivity index (χ1v) is 6.69. The van der Waals surface area contributed by atoms with Gasteiger partial charge in [0.2, 0.25) is 0 Å². The van der Waals surface area contributed by atoms with Gasteiger partial charge in [0.1, 0.15) is 5.82 Å². The molecule has 0 fully saturated rings. The summed E-state index contributed by atoms with van der Waals surface area (Å²) in [5.74, 6) is -0.353. The van der Waals surface area contributed by atoms with Crippen molar-refractivity contribution < 1.29 is 9.60 Å². The fraction of sp³-hybridized carbons (Fsp3) is 0.133. The zero-order valence-corrected chi connectivity index (χ0v) is 11.9. The number of benzene rings is 2. The van der Waals surface area contributed by atoms with Crippen molar-refractivity contribution in [1.82, 2.24) is 5.32 Å². The van der Waals surface area contributed by atoms with Crippen LogP contribution in [0.1, 0.15) is 16.7 Å². The second-order valence-corrected chi connectivity index (χ2v) is 4.94. The molecule has 0 bridgehead atoms. The molecule has 0 saturated heterocycles. The Morgan fingerprint density at radius 1 is 1.19 bits per heavy atom. The minimum absolute atomic E-state index is 0.0715. The normalized spacial score (nSPS) is 11.6. The van der Waals surface area contributed by atoms with Gasteiger partial charge in [-0.15, -0.1) is 0 Å². The minimum Gasteiger partial charge on any atom is -0.409 e. The summed E-state index contributed by atoms with van der Waals surface area (Å²) in [6, 6.07) is 12.0. The number of nitrogens with one attached hydrogen (secondary N) is 1. The zero-order valence-electron chi connectivity index (χ0n) is 11.2. The second kappa shape index (κ2) is 7.06. The predicted molar refractivity (Wildman–Crippen MR) is 80.9 cm³/mol. The van der Waals surface area contributed by atoms with Gasteiger partial charge >= 0.3 is 0 Å². The fourth-order valence-electron chi connectivity index (χ4n) is 1.90. The van der Waals surface area contributed by atoms with Crippen LogP contribution in [0.3, 0.4) is 0 Å². The van der Waals surface area contributed by atoms with E-state index in [1.165, 1.54) is 6.07 Å². The maximum absolute atomic E-state index is 13.0. The molecule has 0 heterocycles. The second-order valence-electron chi connectivity index (χ2n) is 4.54. The van der Waals surface area contributed by atoms with E-state index in [1.807, 2.05) is 18.2 Å². The molecule has 0 aliphatic rings. The quantitative estimate of drug-likeness (QED) is 0.344. The van der Waals surface area contributed by atoms with Crippen LogP contribution in [-0.4, -0.2) is 11.0 Å². The molecular formula is C15H15ClFN3O. The summed E-state index contributed by atoms with van der Waals surface area (Å²) in [5, 5.41) is 15.0. The van der Waals surface area contributed by atoms with Gasteiger partial charge in [-0.1, -0.05) is 41.0 Å². The van der Waals surface area contributed by atoms with Gasteiger partial charge < -0.3 is 16.3 Å². The Balaban J connectivity index is 1.95. The van der Waals surface area contributed by atoms with Gasteiger partial charge in [-0.25, -0.2) is 4.39 Å². The summed E-state index contributed by atoms with van der Waals surface area (Å²) in [7, 11) is 0. The maximum Gasteiger partial charge on any atom is 0.170 e. The van der Waals surface area contributed by atoms with Crippen molar-refractivity contribution in [2.75, 3.05) is 0 Å². The highest BCUT2D eigenvalue weighted by Crippen LogP contribution is 2.16. The fourth-order valence-corrected chi connectivity index (χ4v) is 2.10. The molecule has 2 aromatic rings. The Bertz CT molecular complexity index is 661. The lowest BCUT2D eigenvalue weighted by Gasteiger charge is -2.07. The average molecular weight is 308 g/mol. The topological polar surface area (TPSA) is 70.6 Å². The zero-order chi connectivity index (χ0) is 15.2. The molecular weight excluding hydrogens is 293 g/mol. The standard InChI is InChI=1S/C15H15ClFN3O/c16-13-7-11(4-5-14(13)17)9-19-8-10-2-1-3-12(6-10)15(18)20-21/h1-7,19,21H,8-9H2,(H2,18,20). The Morgan fingerprint density at radius 3 is 2.57 bits per heavy atom. The largest absolute Gasteiger partial charge is 0.409 e. The molecule has 2 aromatic carbocycles. The van der Waals surface area contributed by atoms with Crippen LogP contribution in [0.5, 0.6) is 0 Å². The van der Waals surface area contributed by atoms with Crippen molar-refractivity contribution in [3.05, 3.63) is 70.0 Å². The summed E-state index contributed by atoms with van der Waals surface area (Å²) in [6.45, 7) is 1.16. The summed E-state index contributed by atoms with van der Waals surface area (Å²) in [6.07, 6.45) is 0. The first-order valence-electron chi connectivity index (χ1n) is 6.31. The van der Waals surface area contributed by atoms with E-state index in [-0.39, 0.29) is 10.9 Å². The number of rotatable bonds is 5. The minimum atomic E-state index is -0.424. The van der Waals surface area contributed by atoms with E-state index < -0.39 is 5.82 Å². The number of oxime groups is 1. The summed E-state index contributed by atoms with van der Waals surface area (Å²) >= 11 is 5.73. The van der Waals surface area contributed by atoms with Gasteiger partial charge in [0.05, 0.1) is 5.02 Å². The van der Waals surface area contributed by atoms with Crippen LogP contribution >= 0.6 is 11.6 Å². The highest BCUT2D eigenvalue weighted by molar-refractivity contribution is 6.30. The van der Waals surface area contributed by atoms with E-state index in [0.29, 0.717) is 18.7 Å². The van der Waals surface area contributed by atoms with Crippen molar-refractivity contribution in [2.24, 2.45) is 10.9 Å². The lowest BCUT2D eigenvalue weighted by atomic mass is 10.1. The Morgan fingerprint density at radius 2 is 1.90 bits per heavy atom. The highest BCUT2D eigenvalue weighted by atomic mass is 35.5. The van der Waals surface area contributed by atoms with E-state index >= 15 is 0 Å². The third-order valence-corrected chi connectivity index (χ3v) is 3.26. The molecule has 0 spiro atoms. The van der Waals surface area contributed by atoms with Gasteiger partial charge in [0.25, 0.3) is 0 Å². The van der Waals surface area contributed by atoms with Gasteiger partial charge in [-0.05, 0) is 29.3 Å². The predicted octanol–water partition coefficient (Wildman–Crippen LogP) is 2.86. The summed E-state index contributed by atoms with van der Waals surface area (Å²) in [5.41, 5.74) is 8.09. The van der Waals surface area contributed by atoms with Gasteiger partial charge in [0, 0.05) is 18.7 Å². The molecule has 0 aliphatic heterocycles. The molecule has 0 unspecified atom stereocenters. The molecule has 0 aliphatic carbocycles. The SMILES string of the molecule is NC(=NO)c1cccc(CNCc2ccc(F)c(Cl)c2)c1. The van der Waals surface area contributed by atoms with Crippen molar-refractivity contribution >= 4 is 17.4 Å². The van der Waals surface area contributed by atoms with Crippen LogP contribution in [0.4, 0.5) is 4.39 Å². The van der Waals surface area contributed by atoms with Crippen LogP contribution in [0.2, 0.25) is 5.02 Å². The van der Waals surface area contributed by atoms with Crippen molar-refractivity contribution in [3.8, 4) is 0 Å². The Labute approximate surface area is 127 Å². The van der Waals surface area contributed by atoms with E-state index in [1.54, 1.807) is 18.2 Å². The number of nitrogens with zero attached hydrogens (tertiary/aromatic N) is 1. The third kappa shape index (κ3) is 4.18. The van der Waals surface area contributed by atoms with Crippen molar-refractivity contribution in [1.29, 1.82) is 0 Å². The Hall–Kier alpha value is -2.11. The highest BCUT2D eigenvalue weighted by Gasteiger charge is 2.02. The van der Waals surface area contributed by atoms with E-state index in [0.717, 1.165) is 11.1 Å². The number of halogens is 2. The van der Waals surface area contributed by atoms with Crippen LogP contribution in [0.25, 0.3) is 0 Å². The molecule has 0 amide bonds. The molecule has 0 atom stereocenters. The van der Waals surface area contributed by atoms with Crippen LogP contribution in [-0.2, 0) is 13.1 Å². The van der Waals surface area contributed by atoms with E-state index in [2.05, 4.69) is 10.5 Å². The number of nitrogens with two attached hydrogens (primary N) is 1. The molecule has 21 heavy (non-hydrogen) atoms. The molecule has 0 radical (unpaired) electrons. The van der Waals surface area contributed by atoms with Crippen molar-refractivity contribution in [3.63, 3.8) is 0 Å². The number of hydrogen-bond donors (Lipinski definition) is 3. The van der Waals surface area contributed by atoms with Crippen LogP contribution < -0.4 is 11.1 Å². The average Bonchev–Trinajstić information content (AvgIpc) is 2.50. The monoisotopic (exact) mass is 307 g/mol. The Kier molecular flexibility index (Phi) is 5.14. The number of amidine groups is 1. The maximum atomic E-state index is 13.0. The van der Waals surface area contributed by atoms with Crippen LogP contribution in [0.15, 0.2) is 47.6 Å². The molecule has 0 aromatic heterocycles. The van der Waals surface area contributed by atoms with Crippen LogP contribution in [0, 0.1) is 5.82 Å². The summed E-state index contributed by atoms with van der Waals surface area (Å²) in [4.78, 5) is 0. The molecule has 110 valence electrons.